The number of nitrogens with zero attached hydrogens (tertiary/aromatic N) is 3. The van der Waals surface area contributed by atoms with Crippen LogP contribution in [0.3, 0.4) is 0 Å². The molecule has 0 radical (unpaired) electrons. The summed E-state index contributed by atoms with van der Waals surface area (Å²) in [5.74, 6) is 1.24. The highest BCUT2D eigenvalue weighted by atomic mass is 32.2. The number of hydrogen-bond acceptors (Lipinski definition) is 6. The Kier molecular flexibility index (Phi) is 5.27. The Balaban J connectivity index is 1.85. The zero-order chi connectivity index (χ0) is 15.5. The van der Waals surface area contributed by atoms with Gasteiger partial charge in [0, 0.05) is 12.8 Å². The molecule has 0 atom stereocenters. The lowest BCUT2D eigenvalue weighted by Gasteiger charge is -2.34. The fourth-order valence-electron chi connectivity index (χ4n) is 2.51. The molecule has 0 unspecified atom stereocenters. The number of ether oxygens (including phenoxy) is 1. The first-order chi connectivity index (χ1) is 9.95. The van der Waals surface area contributed by atoms with Gasteiger partial charge in [-0.2, -0.15) is 0 Å². The molecule has 0 amide bonds. The van der Waals surface area contributed by atoms with Gasteiger partial charge in [0.15, 0.2) is 5.16 Å². The van der Waals surface area contributed by atoms with Crippen LogP contribution in [0.5, 0.6) is 0 Å². The van der Waals surface area contributed by atoms with Crippen LogP contribution in [0.1, 0.15) is 38.4 Å². The molecule has 1 aromatic rings. The third-order valence-corrected chi connectivity index (χ3v) is 5.35. The molecule has 1 saturated carbocycles. The average molecular weight is 313 g/mol. The van der Waals surface area contributed by atoms with E-state index < -0.39 is 5.60 Å². The van der Waals surface area contributed by atoms with E-state index in [2.05, 4.69) is 10.2 Å². The van der Waals surface area contributed by atoms with Crippen molar-refractivity contribution < 1.29 is 14.6 Å². The number of hydrogen-bond donors (Lipinski definition) is 1. The number of carbonyl (C=O) groups excluding carboxylic acids is 1. The van der Waals surface area contributed by atoms with Crippen molar-refractivity contribution in [1.29, 1.82) is 0 Å². The SMILES string of the molecule is CCOC(=O)C1CCC(O)(CSc2nnc(C)n2C)CC1. The second-order valence-corrected chi connectivity index (χ2v) is 6.57. The molecule has 2 rings (SSSR count). The first kappa shape index (κ1) is 16.3. The largest absolute Gasteiger partial charge is 0.466 e. The van der Waals surface area contributed by atoms with Gasteiger partial charge in [-0.25, -0.2) is 0 Å². The highest BCUT2D eigenvalue weighted by Crippen LogP contribution is 2.36. The van der Waals surface area contributed by atoms with Crippen LogP contribution in [-0.2, 0) is 16.6 Å². The molecule has 1 heterocycles. The second-order valence-electron chi connectivity index (χ2n) is 5.63. The summed E-state index contributed by atoms with van der Waals surface area (Å²) in [7, 11) is 1.92. The van der Waals surface area contributed by atoms with Gasteiger partial charge >= 0.3 is 5.97 Å². The van der Waals surface area contributed by atoms with Crippen LogP contribution >= 0.6 is 11.8 Å². The summed E-state index contributed by atoms with van der Waals surface area (Å²) >= 11 is 1.52. The summed E-state index contributed by atoms with van der Waals surface area (Å²) in [6.07, 6.45) is 2.63. The van der Waals surface area contributed by atoms with Gasteiger partial charge in [-0.1, -0.05) is 11.8 Å². The van der Waals surface area contributed by atoms with Crippen LogP contribution in [0.25, 0.3) is 0 Å². The second kappa shape index (κ2) is 6.79. The van der Waals surface area contributed by atoms with E-state index in [0.29, 0.717) is 38.0 Å². The molecule has 0 aliphatic heterocycles. The molecule has 6 nitrogen and oxygen atoms in total. The number of carbonyl (C=O) groups is 1. The highest BCUT2D eigenvalue weighted by molar-refractivity contribution is 7.99. The van der Waals surface area contributed by atoms with Crippen molar-refractivity contribution in [2.24, 2.45) is 13.0 Å². The maximum atomic E-state index is 11.7. The Morgan fingerprint density at radius 3 is 2.67 bits per heavy atom. The van der Waals surface area contributed by atoms with Crippen LogP contribution in [0.15, 0.2) is 5.16 Å². The quantitative estimate of drug-likeness (QED) is 0.658. The van der Waals surface area contributed by atoms with Gasteiger partial charge in [0.2, 0.25) is 0 Å². The Morgan fingerprint density at radius 2 is 2.14 bits per heavy atom. The van der Waals surface area contributed by atoms with E-state index in [-0.39, 0.29) is 11.9 Å². The first-order valence-corrected chi connectivity index (χ1v) is 8.31. The van der Waals surface area contributed by atoms with Gasteiger partial charge in [0.25, 0.3) is 0 Å². The van der Waals surface area contributed by atoms with Crippen LogP contribution in [0.2, 0.25) is 0 Å². The van der Waals surface area contributed by atoms with E-state index in [9.17, 15) is 9.90 Å². The van der Waals surface area contributed by atoms with E-state index in [1.807, 2.05) is 25.5 Å². The summed E-state index contributed by atoms with van der Waals surface area (Å²) in [6.45, 7) is 4.13. The molecule has 118 valence electrons. The van der Waals surface area contributed by atoms with Crippen molar-refractivity contribution in [1.82, 2.24) is 14.8 Å². The number of aromatic nitrogens is 3. The molecule has 7 heteroatoms. The fraction of sp³-hybridized carbons (Fsp3) is 0.786. The lowest BCUT2D eigenvalue weighted by Crippen LogP contribution is -2.38. The van der Waals surface area contributed by atoms with E-state index in [1.54, 1.807) is 0 Å². The van der Waals surface area contributed by atoms with E-state index in [1.165, 1.54) is 11.8 Å². The number of thioether (sulfide) groups is 1. The van der Waals surface area contributed by atoms with Crippen molar-refractivity contribution in [3.05, 3.63) is 5.82 Å². The minimum absolute atomic E-state index is 0.0627. The molecule has 0 saturated heterocycles. The van der Waals surface area contributed by atoms with Crippen molar-refractivity contribution in [3.8, 4) is 0 Å². The lowest BCUT2D eigenvalue weighted by atomic mass is 9.80. The normalized spacial score (nSPS) is 25.8. The Labute approximate surface area is 129 Å². The molecule has 1 aliphatic carbocycles. The molecular weight excluding hydrogens is 290 g/mol. The Hall–Kier alpha value is -1.08. The van der Waals surface area contributed by atoms with Gasteiger partial charge in [0.05, 0.1) is 18.1 Å². The molecule has 1 N–H and O–H groups in total. The molecule has 1 aliphatic rings. The van der Waals surface area contributed by atoms with Crippen LogP contribution in [0, 0.1) is 12.8 Å². The molecule has 1 aromatic heterocycles. The third kappa shape index (κ3) is 3.97. The molecule has 0 aromatic carbocycles. The minimum Gasteiger partial charge on any atom is -0.466 e. The summed E-state index contributed by atoms with van der Waals surface area (Å²) in [5, 5.41) is 19.5. The number of esters is 1. The smallest absolute Gasteiger partial charge is 0.308 e. The summed E-state index contributed by atoms with van der Waals surface area (Å²) < 4.78 is 6.96. The zero-order valence-corrected chi connectivity index (χ0v) is 13.7. The monoisotopic (exact) mass is 313 g/mol. The summed E-state index contributed by atoms with van der Waals surface area (Å²) in [5.41, 5.74) is -0.729. The maximum Gasteiger partial charge on any atom is 0.308 e. The van der Waals surface area contributed by atoms with Crippen LogP contribution in [0.4, 0.5) is 0 Å². The zero-order valence-electron chi connectivity index (χ0n) is 12.8. The molecule has 1 fully saturated rings. The Bertz CT molecular complexity index is 496. The van der Waals surface area contributed by atoms with Crippen LogP contribution < -0.4 is 0 Å². The van der Waals surface area contributed by atoms with Gasteiger partial charge in [-0.3, -0.25) is 4.79 Å². The van der Waals surface area contributed by atoms with E-state index in [4.69, 9.17) is 4.74 Å². The minimum atomic E-state index is -0.729. The van der Waals surface area contributed by atoms with E-state index >= 15 is 0 Å². The molecule has 21 heavy (non-hydrogen) atoms. The van der Waals surface area contributed by atoms with Gasteiger partial charge in [-0.15, -0.1) is 10.2 Å². The van der Waals surface area contributed by atoms with Gasteiger partial charge in [-0.05, 0) is 39.5 Å². The molecule has 0 bridgehead atoms. The third-order valence-electron chi connectivity index (χ3n) is 4.06. The predicted molar refractivity (Wildman–Crippen MR) is 80.0 cm³/mol. The number of aliphatic hydroxyl groups is 1. The van der Waals surface area contributed by atoms with Crippen molar-refractivity contribution in [3.63, 3.8) is 0 Å². The predicted octanol–water partition coefficient (Wildman–Crippen LogP) is 1.70. The van der Waals surface area contributed by atoms with Crippen molar-refractivity contribution in [2.45, 2.75) is 50.3 Å². The first-order valence-electron chi connectivity index (χ1n) is 7.33. The number of rotatable bonds is 5. The molecular formula is C14H23N3O3S. The van der Waals surface area contributed by atoms with Gasteiger partial charge < -0.3 is 14.4 Å². The summed E-state index contributed by atoms with van der Waals surface area (Å²) in [6, 6.07) is 0. The average Bonchev–Trinajstić information content (AvgIpc) is 2.78. The topological polar surface area (TPSA) is 77.2 Å². The highest BCUT2D eigenvalue weighted by Gasteiger charge is 2.36. The number of aryl methyl sites for hydroxylation is 1. The van der Waals surface area contributed by atoms with Gasteiger partial charge in [0.1, 0.15) is 5.82 Å². The summed E-state index contributed by atoms with van der Waals surface area (Å²) in [4.78, 5) is 11.7. The standard InChI is InChI=1S/C14H23N3O3S/c1-4-20-12(18)11-5-7-14(19,8-6-11)9-21-13-16-15-10(2)17(13)3/h11,19H,4-9H2,1-3H3. The maximum absolute atomic E-state index is 11.7. The molecule has 0 spiro atoms. The van der Waals surface area contributed by atoms with Crippen molar-refractivity contribution in [2.75, 3.05) is 12.4 Å². The van der Waals surface area contributed by atoms with Crippen LogP contribution in [-0.4, -0.2) is 43.8 Å². The fourth-order valence-corrected chi connectivity index (χ4v) is 3.62. The van der Waals surface area contributed by atoms with E-state index in [0.717, 1.165) is 11.0 Å². The lowest BCUT2D eigenvalue weighted by molar-refractivity contribution is -0.150. The Morgan fingerprint density at radius 1 is 1.48 bits per heavy atom. The van der Waals surface area contributed by atoms with Crippen molar-refractivity contribution >= 4 is 17.7 Å².